The van der Waals surface area contributed by atoms with E-state index in [4.69, 9.17) is 9.73 Å². The molecule has 0 radical (unpaired) electrons. The van der Waals surface area contributed by atoms with Crippen molar-refractivity contribution in [1.29, 1.82) is 0 Å². The summed E-state index contributed by atoms with van der Waals surface area (Å²) in [5, 5.41) is 0. The molecule has 0 aromatic heterocycles. The minimum absolute atomic E-state index is 0.0268. The molecule has 1 aliphatic heterocycles. The zero-order chi connectivity index (χ0) is 24.1. The Morgan fingerprint density at radius 2 is 1.57 bits per heavy atom. The lowest BCUT2D eigenvalue weighted by Crippen LogP contribution is -2.33. The number of ether oxygens (including phenoxy) is 1. The van der Waals surface area contributed by atoms with Crippen LogP contribution in [-0.2, 0) is 4.79 Å². The average Bonchev–Trinajstić information content (AvgIpc) is 3.16. The number of nitrogens with zero attached hydrogens (tertiary/aromatic N) is 1. The molecule has 2 unspecified atom stereocenters. The Bertz CT molecular complexity index is 1450. The number of benzene rings is 3. The Labute approximate surface area is 201 Å². The molecule has 0 saturated heterocycles. The summed E-state index contributed by atoms with van der Waals surface area (Å²) < 4.78 is 18.6. The zero-order valence-corrected chi connectivity index (χ0v) is 18.7. The fourth-order valence-corrected chi connectivity index (χ4v) is 5.30. The van der Waals surface area contributed by atoms with Gasteiger partial charge < -0.3 is 4.74 Å². The van der Waals surface area contributed by atoms with Gasteiger partial charge in [0.1, 0.15) is 11.6 Å². The molecule has 0 saturated carbocycles. The highest BCUT2D eigenvalue weighted by molar-refractivity contribution is 6.30. The maximum absolute atomic E-state index is 13.5. The largest absolute Gasteiger partial charge is 0.423 e. The first-order chi connectivity index (χ1) is 17.0. The number of rotatable bonds is 3. The Morgan fingerprint density at radius 1 is 0.857 bits per heavy atom. The van der Waals surface area contributed by atoms with E-state index in [0.717, 1.165) is 29.0 Å². The summed E-state index contributed by atoms with van der Waals surface area (Å²) in [6.07, 6.45) is 1.90. The van der Waals surface area contributed by atoms with Gasteiger partial charge in [-0.05, 0) is 54.8 Å². The van der Waals surface area contributed by atoms with Crippen molar-refractivity contribution < 1.29 is 23.5 Å². The van der Waals surface area contributed by atoms with Crippen molar-refractivity contribution in [1.82, 2.24) is 0 Å². The van der Waals surface area contributed by atoms with Crippen LogP contribution in [-0.4, -0.2) is 23.2 Å². The number of aliphatic imine (C=N–C) groups is 1. The molecule has 6 heteroatoms. The van der Waals surface area contributed by atoms with E-state index in [0.29, 0.717) is 29.7 Å². The Kier molecular flexibility index (Phi) is 5.02. The van der Waals surface area contributed by atoms with Crippen molar-refractivity contribution in [3.8, 4) is 5.75 Å². The Morgan fingerprint density at radius 3 is 2.31 bits per heavy atom. The number of carbonyl (C=O) groups is 3. The summed E-state index contributed by atoms with van der Waals surface area (Å²) in [6.45, 7) is 0. The number of hydrogen-bond acceptors (Lipinski definition) is 5. The number of fused-ring (bicyclic) bond motifs is 3. The number of Topliss-reactive ketones (excluding diaryl/α,β-unsaturated/α-hetero) is 2. The molecule has 3 aromatic rings. The molecule has 2 atom stereocenters. The Hall–Kier alpha value is -4.19. The van der Waals surface area contributed by atoms with E-state index in [-0.39, 0.29) is 17.1 Å². The minimum atomic E-state index is -0.598. The van der Waals surface area contributed by atoms with Crippen molar-refractivity contribution in [3.63, 3.8) is 0 Å². The molecule has 0 spiro atoms. The predicted molar refractivity (Wildman–Crippen MR) is 127 cm³/mol. The van der Waals surface area contributed by atoms with Gasteiger partial charge in [0, 0.05) is 34.7 Å². The maximum Gasteiger partial charge on any atom is 0.343 e. The van der Waals surface area contributed by atoms with Crippen LogP contribution in [0.4, 0.5) is 4.39 Å². The molecule has 3 aliphatic rings. The standard InChI is InChI=1S/C29H20FNO4/c30-18-12-8-17(9-13-18)29(34)35-19-14-10-16(11-15-19)24-25-22(6-3-7-23(25)32)31-27-20-4-1-2-5-21(20)28(33)26(24)27/h1-2,4-5,8-15,24,26H,3,6-7H2. The average molecular weight is 465 g/mol. The lowest BCUT2D eigenvalue weighted by Gasteiger charge is -2.33. The van der Waals surface area contributed by atoms with Gasteiger partial charge in [-0.25, -0.2) is 9.18 Å². The molecule has 35 heavy (non-hydrogen) atoms. The van der Waals surface area contributed by atoms with Gasteiger partial charge in [-0.15, -0.1) is 0 Å². The lowest BCUT2D eigenvalue weighted by molar-refractivity contribution is -0.116. The number of ketones is 2. The molecule has 2 aliphatic carbocycles. The first-order valence-electron chi connectivity index (χ1n) is 11.6. The molecular weight excluding hydrogens is 445 g/mol. The van der Waals surface area contributed by atoms with Gasteiger partial charge in [0.15, 0.2) is 11.6 Å². The molecule has 5 nitrogen and oxygen atoms in total. The van der Waals surface area contributed by atoms with Crippen molar-refractivity contribution in [3.05, 3.63) is 112 Å². The van der Waals surface area contributed by atoms with E-state index in [1.165, 1.54) is 24.3 Å². The van der Waals surface area contributed by atoms with E-state index < -0.39 is 23.6 Å². The van der Waals surface area contributed by atoms with Crippen LogP contribution in [0, 0.1) is 11.7 Å². The van der Waals surface area contributed by atoms with Crippen molar-refractivity contribution >= 4 is 23.2 Å². The lowest BCUT2D eigenvalue weighted by atomic mass is 9.71. The van der Waals surface area contributed by atoms with Crippen LogP contribution in [0.15, 0.2) is 89.1 Å². The number of esters is 1. The molecule has 0 bridgehead atoms. The molecular formula is C29H20FNO4. The van der Waals surface area contributed by atoms with Crippen molar-refractivity contribution in [2.75, 3.05) is 0 Å². The monoisotopic (exact) mass is 465 g/mol. The quantitative estimate of drug-likeness (QED) is 0.381. The van der Waals surface area contributed by atoms with E-state index >= 15 is 0 Å². The van der Waals surface area contributed by atoms with Gasteiger partial charge in [-0.2, -0.15) is 0 Å². The van der Waals surface area contributed by atoms with Crippen LogP contribution < -0.4 is 4.74 Å². The summed E-state index contributed by atoms with van der Waals surface area (Å²) in [5.41, 5.74) is 4.64. The Balaban J connectivity index is 1.36. The topological polar surface area (TPSA) is 72.8 Å². The molecule has 0 amide bonds. The van der Waals surface area contributed by atoms with E-state index in [2.05, 4.69) is 0 Å². The molecule has 172 valence electrons. The van der Waals surface area contributed by atoms with E-state index in [1.807, 2.05) is 24.3 Å². The smallest absolute Gasteiger partial charge is 0.343 e. The van der Waals surface area contributed by atoms with Gasteiger partial charge in [0.25, 0.3) is 0 Å². The highest BCUT2D eigenvalue weighted by Crippen LogP contribution is 2.48. The van der Waals surface area contributed by atoms with E-state index in [1.54, 1.807) is 24.3 Å². The first kappa shape index (κ1) is 21.4. The highest BCUT2D eigenvalue weighted by atomic mass is 19.1. The maximum atomic E-state index is 13.5. The van der Waals surface area contributed by atoms with Crippen LogP contribution in [0.5, 0.6) is 5.75 Å². The fraction of sp³-hybridized carbons (Fsp3) is 0.172. The van der Waals surface area contributed by atoms with Gasteiger partial charge >= 0.3 is 5.97 Å². The van der Waals surface area contributed by atoms with Crippen LogP contribution in [0.25, 0.3) is 0 Å². The van der Waals surface area contributed by atoms with Gasteiger partial charge in [0.2, 0.25) is 0 Å². The van der Waals surface area contributed by atoms with Crippen LogP contribution in [0.1, 0.15) is 57.0 Å². The summed E-state index contributed by atoms with van der Waals surface area (Å²) in [5.74, 6) is -1.70. The summed E-state index contributed by atoms with van der Waals surface area (Å²) >= 11 is 0. The fourth-order valence-electron chi connectivity index (χ4n) is 5.30. The second-order valence-electron chi connectivity index (χ2n) is 8.96. The number of allylic oxidation sites excluding steroid dienone is 2. The van der Waals surface area contributed by atoms with Crippen LogP contribution >= 0.6 is 0 Å². The molecule has 6 rings (SSSR count). The normalized spacial score (nSPS) is 20.7. The van der Waals surface area contributed by atoms with Crippen molar-refractivity contribution in [2.24, 2.45) is 10.9 Å². The van der Waals surface area contributed by atoms with Crippen LogP contribution in [0.2, 0.25) is 0 Å². The summed E-state index contributed by atoms with van der Waals surface area (Å²) in [6, 6.07) is 19.5. The van der Waals surface area contributed by atoms with Crippen molar-refractivity contribution in [2.45, 2.75) is 25.2 Å². The first-order valence-corrected chi connectivity index (χ1v) is 11.6. The summed E-state index contributed by atoms with van der Waals surface area (Å²) in [7, 11) is 0. The SMILES string of the molecule is O=C1CCCC2=C1C(c1ccc(OC(=O)c3ccc(F)cc3)cc1)C1C(=O)c3ccccc3C1=N2. The van der Waals surface area contributed by atoms with E-state index in [9.17, 15) is 18.8 Å². The number of carbonyl (C=O) groups excluding carboxylic acids is 3. The third-order valence-electron chi connectivity index (χ3n) is 6.90. The molecule has 3 aromatic carbocycles. The second kappa shape index (κ2) is 8.24. The third kappa shape index (κ3) is 3.53. The third-order valence-corrected chi connectivity index (χ3v) is 6.90. The van der Waals surface area contributed by atoms with Gasteiger partial charge in [-0.1, -0.05) is 36.4 Å². The zero-order valence-electron chi connectivity index (χ0n) is 18.7. The van der Waals surface area contributed by atoms with Gasteiger partial charge in [-0.3, -0.25) is 14.6 Å². The second-order valence-corrected chi connectivity index (χ2v) is 8.96. The predicted octanol–water partition coefficient (Wildman–Crippen LogP) is 5.45. The molecule has 0 fully saturated rings. The summed E-state index contributed by atoms with van der Waals surface area (Å²) in [4.78, 5) is 43.8. The van der Waals surface area contributed by atoms with Crippen LogP contribution in [0.3, 0.4) is 0 Å². The molecule has 0 N–H and O–H groups in total. The van der Waals surface area contributed by atoms with Gasteiger partial charge in [0.05, 0.1) is 17.2 Å². The number of hydrogen-bond donors (Lipinski definition) is 0. The molecule has 1 heterocycles. The minimum Gasteiger partial charge on any atom is -0.423 e. The number of halogens is 1. The highest BCUT2D eigenvalue weighted by Gasteiger charge is 2.48.